The maximum Gasteiger partial charge on any atom is 0.390 e. The number of hydrogen-bond acceptors (Lipinski definition) is 2. The highest BCUT2D eigenvalue weighted by atomic mass is 19.4. The summed E-state index contributed by atoms with van der Waals surface area (Å²) in [5, 5.41) is 3.38. The molecule has 1 heterocycles. The number of alkyl halides is 3. The molecule has 0 aromatic heterocycles. The fourth-order valence-electron chi connectivity index (χ4n) is 2.50. The highest BCUT2D eigenvalue weighted by Crippen LogP contribution is 2.27. The van der Waals surface area contributed by atoms with Crippen LogP contribution < -0.4 is 5.32 Å². The third-order valence-corrected chi connectivity index (χ3v) is 3.43. The van der Waals surface area contributed by atoms with Gasteiger partial charge in [-0.15, -0.1) is 0 Å². The van der Waals surface area contributed by atoms with Crippen LogP contribution in [0, 0.1) is 0 Å². The van der Waals surface area contributed by atoms with Gasteiger partial charge in [-0.3, -0.25) is 4.90 Å². The molecule has 0 saturated carbocycles. The Balaban J connectivity index is 2.69. The Morgan fingerprint density at radius 2 is 2.00 bits per heavy atom. The standard InChI is InChI=1S/C12H23F3N2/c1-5-10-7-16-11(3,4)8-17(10)9(2)6-12(13,14)15/h9-10,16H,5-8H2,1-4H3. The van der Waals surface area contributed by atoms with Gasteiger partial charge in [0.15, 0.2) is 0 Å². The molecule has 2 nitrogen and oxygen atoms in total. The van der Waals surface area contributed by atoms with Crippen LogP contribution in [-0.2, 0) is 0 Å². The SMILES string of the molecule is CCC1CNC(C)(C)CN1C(C)CC(F)(F)F. The van der Waals surface area contributed by atoms with Gasteiger partial charge in [0.05, 0.1) is 6.42 Å². The molecule has 0 radical (unpaired) electrons. The van der Waals surface area contributed by atoms with Crippen LogP contribution in [0.15, 0.2) is 0 Å². The molecular formula is C12H23F3N2. The van der Waals surface area contributed by atoms with E-state index in [0.717, 1.165) is 13.0 Å². The van der Waals surface area contributed by atoms with Crippen molar-refractivity contribution in [3.8, 4) is 0 Å². The van der Waals surface area contributed by atoms with Gasteiger partial charge in [0.2, 0.25) is 0 Å². The third-order valence-electron chi connectivity index (χ3n) is 3.43. The Morgan fingerprint density at radius 3 is 2.47 bits per heavy atom. The van der Waals surface area contributed by atoms with E-state index in [2.05, 4.69) is 5.32 Å². The van der Waals surface area contributed by atoms with E-state index in [1.807, 2.05) is 25.7 Å². The number of halogens is 3. The molecule has 2 unspecified atom stereocenters. The summed E-state index contributed by atoms with van der Waals surface area (Å²) < 4.78 is 37.3. The highest BCUT2D eigenvalue weighted by molar-refractivity contribution is 4.94. The molecule has 2 atom stereocenters. The van der Waals surface area contributed by atoms with E-state index in [4.69, 9.17) is 0 Å². The Kier molecular flexibility index (Phi) is 4.47. The lowest BCUT2D eigenvalue weighted by Crippen LogP contribution is -2.63. The van der Waals surface area contributed by atoms with Crippen molar-refractivity contribution in [1.82, 2.24) is 10.2 Å². The van der Waals surface area contributed by atoms with Crippen LogP contribution in [0.25, 0.3) is 0 Å². The van der Waals surface area contributed by atoms with Crippen molar-refractivity contribution in [2.24, 2.45) is 0 Å². The number of piperazine rings is 1. The number of nitrogens with one attached hydrogen (secondary N) is 1. The van der Waals surface area contributed by atoms with E-state index in [-0.39, 0.29) is 11.6 Å². The molecule has 1 N–H and O–H groups in total. The fraction of sp³-hybridized carbons (Fsp3) is 1.00. The lowest BCUT2D eigenvalue weighted by Gasteiger charge is -2.47. The van der Waals surface area contributed by atoms with Crippen molar-refractivity contribution >= 4 is 0 Å². The topological polar surface area (TPSA) is 15.3 Å². The predicted octanol–water partition coefficient (Wildman–Crippen LogP) is 2.79. The molecule has 17 heavy (non-hydrogen) atoms. The largest absolute Gasteiger partial charge is 0.390 e. The summed E-state index contributed by atoms with van der Waals surface area (Å²) in [6.45, 7) is 9.21. The predicted molar refractivity (Wildman–Crippen MR) is 63.0 cm³/mol. The Hall–Kier alpha value is -0.290. The zero-order valence-corrected chi connectivity index (χ0v) is 11.1. The molecule has 0 bridgehead atoms. The first-order valence-electron chi connectivity index (χ1n) is 6.22. The lowest BCUT2D eigenvalue weighted by atomic mass is 9.95. The number of rotatable bonds is 3. The van der Waals surface area contributed by atoms with Gasteiger partial charge in [0, 0.05) is 30.7 Å². The minimum atomic E-state index is -4.08. The first kappa shape index (κ1) is 14.8. The first-order chi connectivity index (χ1) is 7.64. The van der Waals surface area contributed by atoms with Gasteiger partial charge >= 0.3 is 6.18 Å². The Morgan fingerprint density at radius 1 is 1.41 bits per heavy atom. The smallest absolute Gasteiger partial charge is 0.309 e. The minimum Gasteiger partial charge on any atom is -0.309 e. The second-order valence-corrected chi connectivity index (χ2v) is 5.67. The van der Waals surface area contributed by atoms with Gasteiger partial charge < -0.3 is 5.32 Å². The van der Waals surface area contributed by atoms with Gasteiger partial charge in [0.25, 0.3) is 0 Å². The van der Waals surface area contributed by atoms with E-state index < -0.39 is 18.6 Å². The second-order valence-electron chi connectivity index (χ2n) is 5.67. The normalized spacial score (nSPS) is 28.1. The van der Waals surface area contributed by atoms with Crippen LogP contribution in [-0.4, -0.2) is 41.8 Å². The van der Waals surface area contributed by atoms with Crippen molar-refractivity contribution in [3.63, 3.8) is 0 Å². The summed E-state index contributed by atoms with van der Waals surface area (Å²) in [6.07, 6.45) is -3.92. The lowest BCUT2D eigenvalue weighted by molar-refractivity contribution is -0.150. The second kappa shape index (κ2) is 5.14. The highest BCUT2D eigenvalue weighted by Gasteiger charge is 2.38. The average molecular weight is 252 g/mol. The molecule has 0 aromatic carbocycles. The van der Waals surface area contributed by atoms with E-state index in [9.17, 15) is 13.2 Å². The van der Waals surface area contributed by atoms with Gasteiger partial charge in [-0.1, -0.05) is 6.92 Å². The van der Waals surface area contributed by atoms with Gasteiger partial charge in [-0.05, 0) is 27.2 Å². The van der Waals surface area contributed by atoms with Gasteiger partial charge in [-0.2, -0.15) is 13.2 Å². The Bertz CT molecular complexity index is 251. The summed E-state index contributed by atoms with van der Waals surface area (Å²) in [5.41, 5.74) is -0.106. The van der Waals surface area contributed by atoms with Crippen molar-refractivity contribution in [2.75, 3.05) is 13.1 Å². The molecule has 1 saturated heterocycles. The molecule has 1 aliphatic heterocycles. The van der Waals surface area contributed by atoms with Gasteiger partial charge in [0.1, 0.15) is 0 Å². The van der Waals surface area contributed by atoms with Crippen LogP contribution in [0.3, 0.4) is 0 Å². The summed E-state index contributed by atoms with van der Waals surface area (Å²) >= 11 is 0. The molecule has 0 aliphatic carbocycles. The molecule has 102 valence electrons. The minimum absolute atomic E-state index is 0.106. The van der Waals surface area contributed by atoms with Crippen LogP contribution >= 0.6 is 0 Å². The van der Waals surface area contributed by atoms with Crippen molar-refractivity contribution < 1.29 is 13.2 Å². The Labute approximate surface area is 102 Å². The number of nitrogens with zero attached hydrogens (tertiary/aromatic N) is 1. The fourth-order valence-corrected chi connectivity index (χ4v) is 2.50. The van der Waals surface area contributed by atoms with E-state index in [0.29, 0.717) is 6.54 Å². The molecule has 5 heteroatoms. The van der Waals surface area contributed by atoms with Crippen molar-refractivity contribution in [1.29, 1.82) is 0 Å². The van der Waals surface area contributed by atoms with Crippen LogP contribution in [0.2, 0.25) is 0 Å². The van der Waals surface area contributed by atoms with E-state index in [1.165, 1.54) is 0 Å². The molecular weight excluding hydrogens is 229 g/mol. The number of hydrogen-bond donors (Lipinski definition) is 1. The molecule has 0 amide bonds. The maximum absolute atomic E-state index is 12.4. The van der Waals surface area contributed by atoms with Gasteiger partial charge in [-0.25, -0.2) is 0 Å². The van der Waals surface area contributed by atoms with Crippen molar-refractivity contribution in [2.45, 2.75) is 64.3 Å². The molecule has 0 spiro atoms. The molecule has 1 rings (SSSR count). The average Bonchev–Trinajstić information content (AvgIpc) is 2.13. The summed E-state index contributed by atoms with van der Waals surface area (Å²) in [4.78, 5) is 2.00. The van der Waals surface area contributed by atoms with E-state index >= 15 is 0 Å². The summed E-state index contributed by atoms with van der Waals surface area (Å²) in [5.74, 6) is 0. The zero-order chi connectivity index (χ0) is 13.3. The zero-order valence-electron chi connectivity index (χ0n) is 11.1. The monoisotopic (exact) mass is 252 g/mol. The van der Waals surface area contributed by atoms with Crippen LogP contribution in [0.4, 0.5) is 13.2 Å². The molecule has 1 aliphatic rings. The van der Waals surface area contributed by atoms with Crippen LogP contribution in [0.5, 0.6) is 0 Å². The van der Waals surface area contributed by atoms with E-state index in [1.54, 1.807) is 6.92 Å². The van der Waals surface area contributed by atoms with Crippen molar-refractivity contribution in [3.05, 3.63) is 0 Å². The summed E-state index contributed by atoms with van der Waals surface area (Å²) in [6, 6.07) is -0.235. The molecule has 1 fully saturated rings. The maximum atomic E-state index is 12.4. The summed E-state index contributed by atoms with van der Waals surface area (Å²) in [7, 11) is 0. The molecule has 0 aromatic rings. The third kappa shape index (κ3) is 4.47. The quantitative estimate of drug-likeness (QED) is 0.831. The first-order valence-corrected chi connectivity index (χ1v) is 6.22. The van der Waals surface area contributed by atoms with Crippen LogP contribution in [0.1, 0.15) is 40.5 Å².